The molecular formula is C31H33O4S+. The Kier molecular flexibility index (Phi) is 6.72. The van der Waals surface area contributed by atoms with Crippen molar-refractivity contribution in [2.45, 2.75) is 55.2 Å². The van der Waals surface area contributed by atoms with Crippen LogP contribution >= 0.6 is 0 Å². The molecule has 0 spiro atoms. The van der Waals surface area contributed by atoms with Gasteiger partial charge in [0.25, 0.3) is 5.75 Å². The largest absolute Gasteiger partial charge is 0.593 e. The van der Waals surface area contributed by atoms with E-state index in [4.69, 9.17) is 9.84 Å². The minimum atomic E-state index is -3.61. The molecule has 0 atom stereocenters. The Morgan fingerprint density at radius 2 is 0.917 bits per heavy atom. The normalized spacial score (nSPS) is 12.4. The van der Waals surface area contributed by atoms with E-state index in [0.717, 1.165) is 16.7 Å². The van der Waals surface area contributed by atoms with Crippen LogP contribution in [0.25, 0.3) is 0 Å². The van der Waals surface area contributed by atoms with E-state index in [1.807, 2.05) is 48.5 Å². The molecule has 0 heterocycles. The summed E-state index contributed by atoms with van der Waals surface area (Å²) in [6.07, 6.45) is 0. The van der Waals surface area contributed by atoms with Gasteiger partial charge in [0.15, 0.2) is 0 Å². The summed E-state index contributed by atoms with van der Waals surface area (Å²) in [5.41, 5.74) is 3.10. The van der Waals surface area contributed by atoms with Crippen LogP contribution in [0.2, 0.25) is 0 Å². The second kappa shape index (κ2) is 9.47. The van der Waals surface area contributed by atoms with Crippen LogP contribution in [0.3, 0.4) is 0 Å². The molecule has 0 bridgehead atoms. The lowest BCUT2D eigenvalue weighted by Gasteiger charge is -2.26. The summed E-state index contributed by atoms with van der Waals surface area (Å²) >= 11 is 0. The highest BCUT2D eigenvalue weighted by atomic mass is 32.2. The molecule has 186 valence electrons. The molecule has 0 saturated heterocycles. The number of hydrogen-bond donors (Lipinski definition) is 0. The van der Waals surface area contributed by atoms with Crippen molar-refractivity contribution in [3.63, 3.8) is 0 Å². The van der Waals surface area contributed by atoms with Gasteiger partial charge in [-0.1, -0.05) is 58.9 Å². The van der Waals surface area contributed by atoms with Gasteiger partial charge in [0, 0.05) is 17.5 Å². The maximum Gasteiger partial charge on any atom is 0.253 e. The van der Waals surface area contributed by atoms with E-state index in [2.05, 4.69) is 34.6 Å². The predicted octanol–water partition coefficient (Wildman–Crippen LogP) is 7.37. The molecule has 4 rings (SSSR count). The average Bonchev–Trinajstić information content (AvgIpc) is 2.84. The Hall–Kier alpha value is -3.57. The maximum absolute atomic E-state index is 13.1. The molecule has 4 aromatic rings. The molecule has 0 radical (unpaired) electrons. The SMILES string of the molecule is CC(C)(C)c1ccc(S(=O)(=O)c2ccc(Oc3ccc(C(C)(C)c4ccc([OH2+])cc4)cc3)cc2)cc1. The highest BCUT2D eigenvalue weighted by Gasteiger charge is 2.23. The van der Waals surface area contributed by atoms with Gasteiger partial charge in [0.1, 0.15) is 11.5 Å². The minimum absolute atomic E-state index is 0.0386. The molecule has 0 fully saturated rings. The molecule has 0 aliphatic rings. The third-order valence-electron chi connectivity index (χ3n) is 6.58. The summed E-state index contributed by atoms with van der Waals surface area (Å²) < 4.78 is 32.1. The number of sulfone groups is 1. The molecule has 4 aromatic carbocycles. The average molecular weight is 502 g/mol. The summed E-state index contributed by atoms with van der Waals surface area (Å²) in [7, 11) is -3.61. The molecular weight excluding hydrogens is 468 g/mol. The summed E-state index contributed by atoms with van der Waals surface area (Å²) in [5, 5.41) is 7.70. The molecule has 5 heteroatoms. The quantitative estimate of drug-likeness (QED) is 0.259. The zero-order valence-electron chi connectivity index (χ0n) is 21.4. The van der Waals surface area contributed by atoms with E-state index >= 15 is 0 Å². The Bertz CT molecular complexity index is 1430. The first-order chi connectivity index (χ1) is 16.9. The van der Waals surface area contributed by atoms with Crippen molar-refractivity contribution >= 4 is 9.84 Å². The summed E-state index contributed by atoms with van der Waals surface area (Å²) in [6.45, 7) is 10.6. The molecule has 0 saturated carbocycles. The van der Waals surface area contributed by atoms with Gasteiger partial charge in [-0.15, -0.1) is 0 Å². The highest BCUT2D eigenvalue weighted by molar-refractivity contribution is 7.91. The highest BCUT2D eigenvalue weighted by Crippen LogP contribution is 2.34. The van der Waals surface area contributed by atoms with E-state index in [9.17, 15) is 8.42 Å². The molecule has 4 nitrogen and oxygen atoms in total. The van der Waals surface area contributed by atoms with Gasteiger partial charge in [-0.05, 0) is 82.8 Å². The Balaban J connectivity index is 1.48. The second-order valence-electron chi connectivity index (χ2n) is 10.6. The van der Waals surface area contributed by atoms with E-state index in [1.54, 1.807) is 48.5 Å². The topological polar surface area (TPSA) is 66.3 Å². The summed E-state index contributed by atoms with van der Waals surface area (Å²) in [5.74, 6) is 1.73. The Morgan fingerprint density at radius 3 is 1.36 bits per heavy atom. The van der Waals surface area contributed by atoms with E-state index in [-0.39, 0.29) is 20.6 Å². The Labute approximate surface area is 214 Å². The van der Waals surface area contributed by atoms with E-state index in [1.165, 1.54) is 0 Å². The van der Waals surface area contributed by atoms with Crippen LogP contribution in [0.4, 0.5) is 0 Å². The lowest BCUT2D eigenvalue weighted by molar-refractivity contribution is 0.474. The zero-order chi connectivity index (χ0) is 26.1. The third kappa shape index (κ3) is 5.31. The van der Waals surface area contributed by atoms with Gasteiger partial charge in [-0.3, -0.25) is 0 Å². The first-order valence-corrected chi connectivity index (χ1v) is 13.4. The van der Waals surface area contributed by atoms with Crippen molar-refractivity contribution in [3.05, 3.63) is 114 Å². The van der Waals surface area contributed by atoms with Gasteiger partial charge < -0.3 is 9.84 Å². The number of benzene rings is 4. The lowest BCUT2D eigenvalue weighted by Crippen LogP contribution is -2.18. The zero-order valence-corrected chi connectivity index (χ0v) is 22.2. The molecule has 0 aromatic heterocycles. The second-order valence-corrected chi connectivity index (χ2v) is 12.5. The van der Waals surface area contributed by atoms with Crippen molar-refractivity contribution in [1.29, 1.82) is 0 Å². The number of ether oxygens (including phenoxy) is 1. The molecule has 2 N–H and O–H groups in total. The number of rotatable bonds is 6. The van der Waals surface area contributed by atoms with Gasteiger partial charge in [0.2, 0.25) is 9.84 Å². The first-order valence-electron chi connectivity index (χ1n) is 11.9. The van der Waals surface area contributed by atoms with E-state index in [0.29, 0.717) is 17.2 Å². The minimum Gasteiger partial charge on any atom is -0.593 e. The van der Waals surface area contributed by atoms with Crippen LogP contribution in [0.1, 0.15) is 51.3 Å². The molecule has 0 aliphatic heterocycles. The smallest absolute Gasteiger partial charge is 0.253 e. The molecule has 0 amide bonds. The fourth-order valence-electron chi connectivity index (χ4n) is 4.09. The van der Waals surface area contributed by atoms with Crippen molar-refractivity contribution < 1.29 is 18.3 Å². The molecule has 0 unspecified atom stereocenters. The molecule has 0 aliphatic carbocycles. The van der Waals surface area contributed by atoms with Crippen LogP contribution in [-0.4, -0.2) is 13.5 Å². The van der Waals surface area contributed by atoms with Gasteiger partial charge >= 0.3 is 0 Å². The fraction of sp³-hybridized carbons (Fsp3) is 0.226. The van der Waals surface area contributed by atoms with Crippen LogP contribution in [0.5, 0.6) is 17.2 Å². The van der Waals surface area contributed by atoms with Gasteiger partial charge in [-0.2, -0.15) is 0 Å². The maximum atomic E-state index is 13.1. The fourth-order valence-corrected chi connectivity index (χ4v) is 5.35. The Morgan fingerprint density at radius 1 is 0.556 bits per heavy atom. The standard InChI is InChI=1S/C31H32O4S/c1-30(2,3)22-10-18-28(19-11-22)36(33,34)29-20-16-27(17-21-29)35-26-14-8-24(9-15-26)31(4,5)23-6-12-25(32)13-7-23/h6-21,32H,1-5H3/p+1. The predicted molar refractivity (Wildman–Crippen MR) is 145 cm³/mol. The van der Waals surface area contributed by atoms with Gasteiger partial charge in [-0.25, -0.2) is 8.42 Å². The molecule has 36 heavy (non-hydrogen) atoms. The van der Waals surface area contributed by atoms with Gasteiger partial charge in [0.05, 0.1) is 9.79 Å². The first kappa shape index (κ1) is 25.5. The van der Waals surface area contributed by atoms with Crippen molar-refractivity contribution in [3.8, 4) is 17.2 Å². The van der Waals surface area contributed by atoms with Crippen molar-refractivity contribution in [1.82, 2.24) is 0 Å². The van der Waals surface area contributed by atoms with E-state index < -0.39 is 9.84 Å². The summed E-state index contributed by atoms with van der Waals surface area (Å²) in [4.78, 5) is 0.508. The van der Waals surface area contributed by atoms with Crippen LogP contribution < -0.4 is 4.74 Å². The third-order valence-corrected chi connectivity index (χ3v) is 8.37. The van der Waals surface area contributed by atoms with Crippen LogP contribution in [0.15, 0.2) is 107 Å². The monoisotopic (exact) mass is 501 g/mol. The lowest BCUT2D eigenvalue weighted by atomic mass is 9.78. The van der Waals surface area contributed by atoms with Crippen molar-refractivity contribution in [2.75, 3.05) is 0 Å². The van der Waals surface area contributed by atoms with Crippen molar-refractivity contribution in [2.24, 2.45) is 0 Å². The van der Waals surface area contributed by atoms with Crippen LogP contribution in [0, 0.1) is 0 Å². The summed E-state index contributed by atoms with van der Waals surface area (Å²) in [6, 6.07) is 29.1. The van der Waals surface area contributed by atoms with Crippen LogP contribution in [-0.2, 0) is 20.7 Å². The number of hydrogen-bond acceptors (Lipinski definition) is 3.